The van der Waals surface area contributed by atoms with Crippen LogP contribution in [-0.2, 0) is 5.41 Å². The molecule has 0 atom stereocenters. The molecule has 0 unspecified atom stereocenters. The van der Waals surface area contributed by atoms with E-state index in [1.807, 2.05) is 0 Å². The largest absolute Gasteiger partial charge is 0.358 e. The van der Waals surface area contributed by atoms with Gasteiger partial charge in [0, 0.05) is 27.6 Å². The lowest BCUT2D eigenvalue weighted by molar-refractivity contribution is 0.740. The van der Waals surface area contributed by atoms with Crippen LogP contribution >= 0.6 is 0 Å². The number of aromatic nitrogens is 1. The van der Waals surface area contributed by atoms with Gasteiger partial charge in [-0.25, -0.2) is 0 Å². The molecule has 1 aliphatic heterocycles. The molecule has 0 aliphatic carbocycles. The minimum absolute atomic E-state index is 0.0485. The fourth-order valence-corrected chi connectivity index (χ4v) is 3.43. The van der Waals surface area contributed by atoms with E-state index in [4.69, 9.17) is 4.99 Å². The molecular weight excluding hydrogens is 280 g/mol. The van der Waals surface area contributed by atoms with Gasteiger partial charge in [0.25, 0.3) is 0 Å². The minimum Gasteiger partial charge on any atom is -0.358 e. The molecule has 23 heavy (non-hydrogen) atoms. The molecule has 2 heteroatoms. The van der Waals surface area contributed by atoms with E-state index < -0.39 is 0 Å². The molecule has 1 aromatic heterocycles. The summed E-state index contributed by atoms with van der Waals surface area (Å²) in [6.07, 6.45) is 4.36. The number of fused-ring (bicyclic) bond motifs is 2. The van der Waals surface area contributed by atoms with Crippen molar-refractivity contribution in [3.8, 4) is 0 Å². The Bertz CT molecular complexity index is 955. The van der Waals surface area contributed by atoms with E-state index >= 15 is 0 Å². The predicted octanol–water partition coefficient (Wildman–Crippen LogP) is 5.55. The lowest BCUT2D eigenvalue weighted by Gasteiger charge is -2.20. The Hall–Kier alpha value is -2.61. The smallest absolute Gasteiger partial charge is 0.0674 e. The van der Waals surface area contributed by atoms with Gasteiger partial charge in [-0.05, 0) is 30.7 Å². The van der Waals surface area contributed by atoms with E-state index in [0.717, 1.165) is 11.4 Å². The summed E-state index contributed by atoms with van der Waals surface area (Å²) < 4.78 is 0. The van der Waals surface area contributed by atoms with Crippen LogP contribution in [0.4, 0.5) is 5.69 Å². The highest BCUT2D eigenvalue weighted by molar-refractivity contribution is 6.11. The molecule has 2 nitrogen and oxygen atoms in total. The molecule has 3 aromatic rings. The topological polar surface area (TPSA) is 28.1 Å². The number of allylic oxidation sites excluding steroid dienone is 1. The van der Waals surface area contributed by atoms with Gasteiger partial charge in [-0.3, -0.25) is 4.99 Å². The summed E-state index contributed by atoms with van der Waals surface area (Å²) in [7, 11) is 0. The van der Waals surface area contributed by atoms with Gasteiger partial charge >= 0.3 is 0 Å². The molecule has 4 rings (SSSR count). The standard InChI is InChI=1S/C21H20N2/c1-14-15(16-8-4-6-10-18(16)22-14)12-13-20-21(2,3)17-9-5-7-11-19(17)23-20/h4-13,22H,1-3H3. The summed E-state index contributed by atoms with van der Waals surface area (Å²) in [6, 6.07) is 16.8. The van der Waals surface area contributed by atoms with Crippen molar-refractivity contribution in [1.82, 2.24) is 4.98 Å². The van der Waals surface area contributed by atoms with Gasteiger partial charge in [0.15, 0.2) is 0 Å². The molecule has 114 valence electrons. The van der Waals surface area contributed by atoms with Gasteiger partial charge in [-0.1, -0.05) is 56.3 Å². The SMILES string of the molecule is Cc1[nH]c2ccccc2c1C=CC1=Nc2ccccc2C1(C)C. The number of para-hydroxylation sites is 2. The van der Waals surface area contributed by atoms with E-state index in [-0.39, 0.29) is 5.41 Å². The number of aryl methyl sites for hydroxylation is 1. The third-order valence-electron chi connectivity index (χ3n) is 4.81. The molecule has 2 aromatic carbocycles. The highest BCUT2D eigenvalue weighted by Crippen LogP contribution is 2.40. The van der Waals surface area contributed by atoms with Crippen LogP contribution in [-0.4, -0.2) is 10.7 Å². The first-order valence-corrected chi connectivity index (χ1v) is 8.01. The fraction of sp³-hybridized carbons (Fsp3) is 0.190. The maximum Gasteiger partial charge on any atom is 0.0674 e. The number of aliphatic imine (C=N–C) groups is 1. The molecule has 0 fully saturated rings. The third kappa shape index (κ3) is 2.14. The molecular formula is C21H20N2. The van der Waals surface area contributed by atoms with Crippen molar-refractivity contribution in [2.45, 2.75) is 26.2 Å². The van der Waals surface area contributed by atoms with Crippen molar-refractivity contribution in [2.24, 2.45) is 4.99 Å². The third-order valence-corrected chi connectivity index (χ3v) is 4.81. The van der Waals surface area contributed by atoms with Crippen molar-refractivity contribution in [2.75, 3.05) is 0 Å². The molecule has 1 N–H and O–H groups in total. The second kappa shape index (κ2) is 4.95. The van der Waals surface area contributed by atoms with Crippen molar-refractivity contribution >= 4 is 28.4 Å². The van der Waals surface area contributed by atoms with Crippen LogP contribution in [0.25, 0.3) is 17.0 Å². The Morgan fingerprint density at radius 1 is 0.957 bits per heavy atom. The summed E-state index contributed by atoms with van der Waals surface area (Å²) in [5.74, 6) is 0. The van der Waals surface area contributed by atoms with Crippen molar-refractivity contribution in [3.63, 3.8) is 0 Å². The quantitative estimate of drug-likeness (QED) is 0.642. The number of hydrogen-bond donors (Lipinski definition) is 1. The average molecular weight is 300 g/mol. The first-order valence-electron chi connectivity index (χ1n) is 8.01. The second-order valence-corrected chi connectivity index (χ2v) is 6.68. The molecule has 0 radical (unpaired) electrons. The summed E-state index contributed by atoms with van der Waals surface area (Å²) in [6.45, 7) is 6.60. The number of hydrogen-bond acceptors (Lipinski definition) is 1. The summed E-state index contributed by atoms with van der Waals surface area (Å²) in [5, 5.41) is 1.26. The van der Waals surface area contributed by atoms with E-state index in [1.165, 1.54) is 27.7 Å². The molecule has 1 aliphatic rings. The number of nitrogens with zero attached hydrogens (tertiary/aromatic N) is 1. The molecule has 0 spiro atoms. The number of benzene rings is 2. The molecule has 0 saturated carbocycles. The van der Waals surface area contributed by atoms with Crippen molar-refractivity contribution in [1.29, 1.82) is 0 Å². The van der Waals surface area contributed by atoms with Crippen LogP contribution in [0.3, 0.4) is 0 Å². The Morgan fingerprint density at radius 3 is 2.52 bits per heavy atom. The van der Waals surface area contributed by atoms with Crippen LogP contribution in [0.5, 0.6) is 0 Å². The maximum atomic E-state index is 4.83. The first-order chi connectivity index (χ1) is 11.1. The van der Waals surface area contributed by atoms with Gasteiger partial charge in [0.05, 0.1) is 11.4 Å². The predicted molar refractivity (Wildman–Crippen MR) is 98.6 cm³/mol. The van der Waals surface area contributed by atoms with E-state index in [1.54, 1.807) is 0 Å². The maximum absolute atomic E-state index is 4.83. The Morgan fingerprint density at radius 2 is 1.70 bits per heavy atom. The second-order valence-electron chi connectivity index (χ2n) is 6.68. The van der Waals surface area contributed by atoms with Crippen LogP contribution in [0.1, 0.15) is 30.7 Å². The molecule has 0 bridgehead atoms. The summed E-state index contributed by atoms with van der Waals surface area (Å²) >= 11 is 0. The zero-order valence-electron chi connectivity index (χ0n) is 13.7. The Balaban J connectivity index is 1.76. The van der Waals surface area contributed by atoms with Gasteiger partial charge in [0.2, 0.25) is 0 Å². The molecule has 0 saturated heterocycles. The minimum atomic E-state index is -0.0485. The van der Waals surface area contributed by atoms with Gasteiger partial charge in [-0.15, -0.1) is 0 Å². The van der Waals surface area contributed by atoms with Crippen LogP contribution in [0.15, 0.2) is 59.6 Å². The van der Waals surface area contributed by atoms with Crippen LogP contribution in [0.2, 0.25) is 0 Å². The number of rotatable bonds is 2. The van der Waals surface area contributed by atoms with E-state index in [0.29, 0.717) is 0 Å². The monoisotopic (exact) mass is 300 g/mol. The van der Waals surface area contributed by atoms with Crippen molar-refractivity contribution in [3.05, 3.63) is 71.4 Å². The van der Waals surface area contributed by atoms with Crippen LogP contribution in [0, 0.1) is 6.92 Å². The molecule has 0 amide bonds. The number of aromatic amines is 1. The summed E-state index contributed by atoms with van der Waals surface area (Å²) in [5.41, 5.74) is 7.08. The zero-order valence-corrected chi connectivity index (χ0v) is 13.7. The lowest BCUT2D eigenvalue weighted by atomic mass is 9.81. The van der Waals surface area contributed by atoms with Gasteiger partial charge < -0.3 is 4.98 Å². The normalized spacial score (nSPS) is 16.0. The van der Waals surface area contributed by atoms with E-state index in [9.17, 15) is 0 Å². The average Bonchev–Trinajstić information content (AvgIpc) is 2.99. The number of H-pyrrole nitrogens is 1. The number of nitrogens with one attached hydrogen (secondary N) is 1. The molecule has 2 heterocycles. The highest BCUT2D eigenvalue weighted by atomic mass is 14.8. The van der Waals surface area contributed by atoms with Crippen LogP contribution < -0.4 is 0 Å². The fourth-order valence-electron chi connectivity index (χ4n) is 3.43. The highest BCUT2D eigenvalue weighted by Gasteiger charge is 2.32. The van der Waals surface area contributed by atoms with Gasteiger partial charge in [0.1, 0.15) is 0 Å². The van der Waals surface area contributed by atoms with E-state index in [2.05, 4.69) is 86.4 Å². The summed E-state index contributed by atoms with van der Waals surface area (Å²) in [4.78, 5) is 8.28. The zero-order chi connectivity index (χ0) is 16.0. The lowest BCUT2D eigenvalue weighted by Crippen LogP contribution is -2.23. The first kappa shape index (κ1) is 14.0. The van der Waals surface area contributed by atoms with Crippen molar-refractivity contribution < 1.29 is 0 Å². The van der Waals surface area contributed by atoms with Gasteiger partial charge in [-0.2, -0.15) is 0 Å². The Labute approximate surface area is 136 Å². The Kier molecular flexibility index (Phi) is 3.02.